The molecule has 4 N–H and O–H groups in total. The molecule has 0 unspecified atom stereocenters. The van der Waals surface area contributed by atoms with Gasteiger partial charge in [-0.1, -0.05) is 6.07 Å². The van der Waals surface area contributed by atoms with Crippen LogP contribution >= 0.6 is 0 Å². The molecule has 1 aromatic rings. The van der Waals surface area contributed by atoms with Gasteiger partial charge in [-0.15, -0.1) is 0 Å². The zero-order chi connectivity index (χ0) is 14.1. The lowest BCUT2D eigenvalue weighted by molar-refractivity contribution is 0.0800. The van der Waals surface area contributed by atoms with Crippen molar-refractivity contribution in [3.8, 4) is 5.75 Å². The Kier molecular flexibility index (Phi) is 6.70. The van der Waals surface area contributed by atoms with Crippen LogP contribution in [0.1, 0.15) is 16.8 Å². The molecule has 0 spiro atoms. The molecule has 0 aliphatic rings. The lowest BCUT2D eigenvalue weighted by atomic mass is 10.1. The Labute approximate surface area is 112 Å². The summed E-state index contributed by atoms with van der Waals surface area (Å²) in [5, 5.41) is 0. The normalized spacial score (nSPS) is 10.4. The van der Waals surface area contributed by atoms with Gasteiger partial charge in [0.1, 0.15) is 6.61 Å². The van der Waals surface area contributed by atoms with E-state index in [2.05, 4.69) is 0 Å². The van der Waals surface area contributed by atoms with Crippen molar-refractivity contribution in [3.63, 3.8) is 0 Å². The van der Waals surface area contributed by atoms with Gasteiger partial charge in [-0.25, -0.2) is 0 Å². The van der Waals surface area contributed by atoms with Crippen molar-refractivity contribution in [2.45, 2.75) is 6.42 Å². The van der Waals surface area contributed by atoms with E-state index < -0.39 is 5.91 Å². The number of hydrogen-bond acceptors (Lipinski definition) is 5. The van der Waals surface area contributed by atoms with Crippen molar-refractivity contribution in [1.29, 1.82) is 0 Å². The van der Waals surface area contributed by atoms with Crippen LogP contribution in [0, 0.1) is 0 Å². The van der Waals surface area contributed by atoms with Crippen LogP contribution in [0.2, 0.25) is 0 Å². The molecule has 1 amide bonds. The quantitative estimate of drug-likeness (QED) is 0.510. The minimum atomic E-state index is -0.566. The van der Waals surface area contributed by atoms with Crippen LogP contribution in [0.5, 0.6) is 5.75 Å². The molecule has 0 aliphatic carbocycles. The zero-order valence-corrected chi connectivity index (χ0v) is 11.1. The second-order valence-electron chi connectivity index (χ2n) is 3.90. The number of rotatable bonds is 9. The summed E-state index contributed by atoms with van der Waals surface area (Å²) in [4.78, 5) is 11.2. The Morgan fingerprint density at radius 2 is 2.00 bits per heavy atom. The van der Waals surface area contributed by atoms with Crippen molar-refractivity contribution >= 4 is 11.6 Å². The first-order chi connectivity index (χ1) is 9.16. The van der Waals surface area contributed by atoms with Crippen molar-refractivity contribution in [1.82, 2.24) is 0 Å². The van der Waals surface area contributed by atoms with Crippen LogP contribution < -0.4 is 16.2 Å². The van der Waals surface area contributed by atoms with Crippen LogP contribution in [-0.2, 0) is 9.47 Å². The summed E-state index contributed by atoms with van der Waals surface area (Å²) in [6, 6.07) is 4.89. The third-order valence-corrected chi connectivity index (χ3v) is 2.42. The Morgan fingerprint density at radius 1 is 1.21 bits per heavy atom. The zero-order valence-electron chi connectivity index (χ0n) is 11.1. The van der Waals surface area contributed by atoms with E-state index in [0.29, 0.717) is 37.9 Å². The van der Waals surface area contributed by atoms with Crippen LogP contribution in [-0.4, -0.2) is 39.4 Å². The van der Waals surface area contributed by atoms with Crippen molar-refractivity contribution in [3.05, 3.63) is 23.8 Å². The fraction of sp³-hybridized carbons (Fsp3) is 0.462. The number of para-hydroxylation sites is 1. The Hall–Kier alpha value is -1.79. The second-order valence-corrected chi connectivity index (χ2v) is 3.90. The highest BCUT2D eigenvalue weighted by atomic mass is 16.5. The van der Waals surface area contributed by atoms with Gasteiger partial charge in [0, 0.05) is 20.3 Å². The van der Waals surface area contributed by atoms with E-state index >= 15 is 0 Å². The maximum absolute atomic E-state index is 11.2. The monoisotopic (exact) mass is 268 g/mol. The molecule has 0 saturated carbocycles. The summed E-state index contributed by atoms with van der Waals surface area (Å²) in [5.74, 6) is -0.251. The smallest absolute Gasteiger partial charge is 0.252 e. The third-order valence-electron chi connectivity index (χ3n) is 2.42. The molecule has 0 fully saturated rings. The van der Waals surface area contributed by atoms with E-state index in [9.17, 15) is 4.79 Å². The standard InChI is InChI=1S/C13H20N2O4/c1-17-6-3-7-18-8-9-19-12-10(13(15)16)4-2-5-11(12)14/h2,4-5H,3,6-9,14H2,1H3,(H2,15,16). The Bertz CT molecular complexity index is 410. The van der Waals surface area contributed by atoms with Gasteiger partial charge < -0.3 is 25.7 Å². The predicted molar refractivity (Wildman–Crippen MR) is 72.2 cm³/mol. The van der Waals surface area contributed by atoms with Gasteiger partial charge in [0.05, 0.1) is 17.9 Å². The molecule has 0 aromatic heterocycles. The van der Waals surface area contributed by atoms with Gasteiger partial charge in [-0.2, -0.15) is 0 Å². The highest BCUT2D eigenvalue weighted by molar-refractivity contribution is 5.97. The Morgan fingerprint density at radius 3 is 2.68 bits per heavy atom. The molecule has 6 nitrogen and oxygen atoms in total. The number of ether oxygens (including phenoxy) is 3. The van der Waals surface area contributed by atoms with E-state index in [1.165, 1.54) is 0 Å². The molecule has 0 radical (unpaired) electrons. The maximum atomic E-state index is 11.2. The summed E-state index contributed by atoms with van der Waals surface area (Å²) in [5.41, 5.74) is 11.7. The van der Waals surface area contributed by atoms with Crippen LogP contribution in [0.25, 0.3) is 0 Å². The van der Waals surface area contributed by atoms with E-state index in [0.717, 1.165) is 6.42 Å². The minimum Gasteiger partial charge on any atom is -0.488 e. The predicted octanol–water partition coefficient (Wildman–Crippen LogP) is 0.800. The number of primary amides is 1. The van der Waals surface area contributed by atoms with Gasteiger partial charge in [-0.3, -0.25) is 4.79 Å². The van der Waals surface area contributed by atoms with Crippen molar-refractivity contribution < 1.29 is 19.0 Å². The van der Waals surface area contributed by atoms with E-state index in [1.54, 1.807) is 25.3 Å². The summed E-state index contributed by atoms with van der Waals surface area (Å²) in [6.45, 7) is 1.99. The van der Waals surface area contributed by atoms with Gasteiger partial charge in [0.2, 0.25) is 0 Å². The first kappa shape index (κ1) is 15.3. The van der Waals surface area contributed by atoms with E-state index in [1.807, 2.05) is 0 Å². The molecule has 0 saturated heterocycles. The lowest BCUT2D eigenvalue weighted by Crippen LogP contribution is -2.16. The number of amides is 1. The highest BCUT2D eigenvalue weighted by Crippen LogP contribution is 2.25. The molecule has 0 aliphatic heterocycles. The molecule has 19 heavy (non-hydrogen) atoms. The van der Waals surface area contributed by atoms with Crippen LogP contribution in [0.15, 0.2) is 18.2 Å². The molecule has 106 valence electrons. The number of anilines is 1. The molecule has 6 heteroatoms. The van der Waals surface area contributed by atoms with Gasteiger partial charge >= 0.3 is 0 Å². The summed E-state index contributed by atoms with van der Waals surface area (Å²) < 4.78 is 15.7. The van der Waals surface area contributed by atoms with Gasteiger partial charge in [0.15, 0.2) is 5.75 Å². The number of hydrogen-bond donors (Lipinski definition) is 2. The van der Waals surface area contributed by atoms with Crippen LogP contribution in [0.3, 0.4) is 0 Å². The number of nitrogens with two attached hydrogens (primary N) is 2. The fourth-order valence-corrected chi connectivity index (χ4v) is 1.52. The van der Waals surface area contributed by atoms with Crippen LogP contribution in [0.4, 0.5) is 5.69 Å². The SMILES string of the molecule is COCCCOCCOc1c(N)cccc1C(N)=O. The number of carbonyl (C=O) groups excluding carboxylic acids is 1. The van der Waals surface area contributed by atoms with Crippen molar-refractivity contribution in [2.24, 2.45) is 5.73 Å². The van der Waals surface area contributed by atoms with E-state index in [-0.39, 0.29) is 5.56 Å². The highest BCUT2D eigenvalue weighted by Gasteiger charge is 2.11. The fourth-order valence-electron chi connectivity index (χ4n) is 1.52. The van der Waals surface area contributed by atoms with Gasteiger partial charge in [0.25, 0.3) is 5.91 Å². The summed E-state index contributed by atoms with van der Waals surface area (Å²) >= 11 is 0. The minimum absolute atomic E-state index is 0.277. The number of benzene rings is 1. The number of nitrogen functional groups attached to an aromatic ring is 1. The van der Waals surface area contributed by atoms with Crippen molar-refractivity contribution in [2.75, 3.05) is 39.3 Å². The number of carbonyl (C=O) groups is 1. The molecule has 0 bridgehead atoms. The number of methoxy groups -OCH3 is 1. The molecule has 0 atom stereocenters. The molecule has 1 rings (SSSR count). The second kappa shape index (κ2) is 8.34. The maximum Gasteiger partial charge on any atom is 0.252 e. The van der Waals surface area contributed by atoms with Gasteiger partial charge in [-0.05, 0) is 18.6 Å². The largest absolute Gasteiger partial charge is 0.488 e. The molecule has 0 heterocycles. The average molecular weight is 268 g/mol. The molecular formula is C13H20N2O4. The first-order valence-corrected chi connectivity index (χ1v) is 6.04. The average Bonchev–Trinajstić information content (AvgIpc) is 2.39. The molecule has 1 aromatic carbocycles. The first-order valence-electron chi connectivity index (χ1n) is 6.04. The molecular weight excluding hydrogens is 248 g/mol. The third kappa shape index (κ3) is 5.15. The Balaban J connectivity index is 2.38. The lowest BCUT2D eigenvalue weighted by Gasteiger charge is -2.12. The van der Waals surface area contributed by atoms with E-state index in [4.69, 9.17) is 25.7 Å². The summed E-state index contributed by atoms with van der Waals surface area (Å²) in [6.07, 6.45) is 0.830. The summed E-state index contributed by atoms with van der Waals surface area (Å²) in [7, 11) is 1.65. The topological polar surface area (TPSA) is 96.8 Å².